The first-order chi connectivity index (χ1) is 6.59. The van der Waals surface area contributed by atoms with Crippen molar-refractivity contribution >= 4 is 26.9 Å². The highest BCUT2D eigenvalue weighted by molar-refractivity contribution is 9.10. The zero-order valence-electron chi connectivity index (χ0n) is 7.30. The summed E-state index contributed by atoms with van der Waals surface area (Å²) in [6.07, 6.45) is 0.824. The predicted octanol–water partition coefficient (Wildman–Crippen LogP) is 3.00. The summed E-state index contributed by atoms with van der Waals surface area (Å²) < 4.78 is 18.5. The van der Waals surface area contributed by atoms with Crippen LogP contribution in [0.1, 0.15) is 5.56 Å². The molecule has 2 aromatic rings. The normalized spacial score (nSPS) is 10.8. The summed E-state index contributed by atoms with van der Waals surface area (Å²) in [4.78, 5) is 11.4. The van der Waals surface area contributed by atoms with Crippen LogP contribution in [0, 0.1) is 12.7 Å². The Morgan fingerprint density at radius 1 is 1.43 bits per heavy atom. The molecule has 4 heteroatoms. The second-order valence-corrected chi connectivity index (χ2v) is 3.89. The lowest BCUT2D eigenvalue weighted by Crippen LogP contribution is -2.05. The van der Waals surface area contributed by atoms with Gasteiger partial charge in [-0.3, -0.25) is 4.79 Å². The van der Waals surface area contributed by atoms with E-state index < -0.39 is 11.2 Å². The van der Waals surface area contributed by atoms with Crippen LogP contribution in [0.25, 0.3) is 11.0 Å². The molecule has 0 aliphatic rings. The van der Waals surface area contributed by atoms with E-state index in [1.54, 1.807) is 6.07 Å². The second kappa shape index (κ2) is 3.20. The molecule has 1 heterocycles. The van der Waals surface area contributed by atoms with Crippen molar-refractivity contribution < 1.29 is 8.81 Å². The van der Waals surface area contributed by atoms with Crippen molar-refractivity contribution in [2.45, 2.75) is 6.92 Å². The first-order valence-corrected chi connectivity index (χ1v) is 4.76. The zero-order chi connectivity index (χ0) is 10.3. The molecule has 72 valence electrons. The molecule has 14 heavy (non-hydrogen) atoms. The number of benzene rings is 1. The van der Waals surface area contributed by atoms with Crippen LogP contribution < -0.4 is 5.43 Å². The minimum atomic E-state index is -0.866. The fourth-order valence-electron chi connectivity index (χ4n) is 1.31. The van der Waals surface area contributed by atoms with E-state index in [2.05, 4.69) is 15.9 Å². The fourth-order valence-corrected chi connectivity index (χ4v) is 1.98. The number of aryl methyl sites for hydroxylation is 1. The van der Waals surface area contributed by atoms with Gasteiger partial charge in [-0.25, -0.2) is 0 Å². The Balaban J connectivity index is 3.03. The molecule has 0 radical (unpaired) electrons. The van der Waals surface area contributed by atoms with Crippen molar-refractivity contribution in [1.82, 2.24) is 0 Å². The third-order valence-corrected chi connectivity index (χ3v) is 2.52. The maximum atomic E-state index is 12.9. The third-order valence-electron chi connectivity index (χ3n) is 1.93. The average molecular weight is 257 g/mol. The Labute approximate surface area is 87.5 Å². The summed E-state index contributed by atoms with van der Waals surface area (Å²) in [5, 5.41) is 0.261. The predicted molar refractivity (Wildman–Crippen MR) is 54.9 cm³/mol. The van der Waals surface area contributed by atoms with Crippen LogP contribution in [-0.4, -0.2) is 0 Å². The minimum Gasteiger partial charge on any atom is -0.460 e. The smallest absolute Gasteiger partial charge is 0.228 e. The maximum absolute atomic E-state index is 12.9. The Morgan fingerprint density at radius 3 is 2.86 bits per heavy atom. The van der Waals surface area contributed by atoms with Crippen LogP contribution in [0.3, 0.4) is 0 Å². The van der Waals surface area contributed by atoms with Gasteiger partial charge in [-0.15, -0.1) is 0 Å². The summed E-state index contributed by atoms with van der Waals surface area (Å²) in [6.45, 7) is 1.83. The van der Waals surface area contributed by atoms with Crippen molar-refractivity contribution in [3.05, 3.63) is 44.5 Å². The number of hydrogen-bond donors (Lipinski definition) is 0. The molecule has 1 aromatic heterocycles. The Hall–Kier alpha value is -1.16. The summed E-state index contributed by atoms with van der Waals surface area (Å²) in [5.74, 6) is -0.866. The molecule has 0 saturated heterocycles. The van der Waals surface area contributed by atoms with E-state index in [4.69, 9.17) is 4.42 Å². The minimum absolute atomic E-state index is 0.261. The molecule has 0 saturated carbocycles. The molecule has 0 N–H and O–H groups in total. The topological polar surface area (TPSA) is 30.2 Å². The fraction of sp³-hybridized carbons (Fsp3) is 0.100. The Bertz CT molecular complexity index is 560. The van der Waals surface area contributed by atoms with Crippen molar-refractivity contribution in [2.75, 3.05) is 0 Å². The summed E-state index contributed by atoms with van der Waals surface area (Å²) >= 11 is 3.25. The van der Waals surface area contributed by atoms with Gasteiger partial charge in [0.15, 0.2) is 5.58 Å². The van der Waals surface area contributed by atoms with Crippen molar-refractivity contribution in [3.63, 3.8) is 0 Å². The highest BCUT2D eigenvalue weighted by Crippen LogP contribution is 2.23. The molecule has 0 aliphatic heterocycles. The Morgan fingerprint density at radius 2 is 2.14 bits per heavy atom. The van der Waals surface area contributed by atoms with E-state index in [1.807, 2.05) is 13.0 Å². The number of fused-ring (bicyclic) bond motifs is 1. The highest BCUT2D eigenvalue weighted by Gasteiger charge is 2.09. The lowest BCUT2D eigenvalue weighted by molar-refractivity contribution is 0.519. The van der Waals surface area contributed by atoms with Crippen LogP contribution in [-0.2, 0) is 0 Å². The van der Waals surface area contributed by atoms with Gasteiger partial charge in [0.25, 0.3) is 0 Å². The quantitative estimate of drug-likeness (QED) is 0.726. The van der Waals surface area contributed by atoms with E-state index in [1.165, 1.54) is 0 Å². The van der Waals surface area contributed by atoms with E-state index in [-0.39, 0.29) is 5.39 Å². The van der Waals surface area contributed by atoms with Gasteiger partial charge in [0.1, 0.15) is 6.26 Å². The van der Waals surface area contributed by atoms with Crippen LogP contribution in [0.4, 0.5) is 4.39 Å². The van der Waals surface area contributed by atoms with E-state index in [9.17, 15) is 9.18 Å². The number of rotatable bonds is 0. The molecular formula is C10H6BrFO2. The molecule has 2 nitrogen and oxygen atoms in total. The molecule has 0 aliphatic carbocycles. The highest BCUT2D eigenvalue weighted by atomic mass is 79.9. The van der Waals surface area contributed by atoms with Gasteiger partial charge in [0.05, 0.1) is 9.86 Å². The van der Waals surface area contributed by atoms with Crippen LogP contribution in [0.15, 0.2) is 32.1 Å². The van der Waals surface area contributed by atoms with Crippen molar-refractivity contribution in [2.24, 2.45) is 0 Å². The third kappa shape index (κ3) is 1.35. The zero-order valence-corrected chi connectivity index (χ0v) is 8.89. The standard InChI is InChI=1S/C10H6BrFO2/c1-5-2-6-9(13)8(12)4-14-10(6)7(11)3-5/h2-4H,1H3. The lowest BCUT2D eigenvalue weighted by Gasteiger charge is -2.00. The summed E-state index contributed by atoms with van der Waals surface area (Å²) in [6, 6.07) is 3.41. The van der Waals surface area contributed by atoms with Crippen molar-refractivity contribution in [3.8, 4) is 0 Å². The second-order valence-electron chi connectivity index (χ2n) is 3.04. The lowest BCUT2D eigenvalue weighted by atomic mass is 10.1. The van der Waals surface area contributed by atoms with Gasteiger partial charge in [-0.2, -0.15) is 4.39 Å². The van der Waals surface area contributed by atoms with E-state index in [0.29, 0.717) is 10.1 Å². The van der Waals surface area contributed by atoms with Gasteiger partial charge in [0.2, 0.25) is 11.2 Å². The van der Waals surface area contributed by atoms with E-state index in [0.717, 1.165) is 11.8 Å². The molecule has 0 spiro atoms. The van der Waals surface area contributed by atoms with Gasteiger partial charge >= 0.3 is 0 Å². The SMILES string of the molecule is Cc1cc(Br)c2occ(F)c(=O)c2c1. The molecule has 0 atom stereocenters. The monoisotopic (exact) mass is 256 g/mol. The first kappa shape index (κ1) is 9.40. The number of halogens is 2. The largest absolute Gasteiger partial charge is 0.460 e. The molecule has 1 aromatic carbocycles. The molecule has 2 rings (SSSR count). The van der Waals surface area contributed by atoms with Crippen LogP contribution in [0.5, 0.6) is 0 Å². The molecule has 0 unspecified atom stereocenters. The average Bonchev–Trinajstić information content (AvgIpc) is 2.12. The maximum Gasteiger partial charge on any atom is 0.228 e. The molecule has 0 amide bonds. The molecular weight excluding hydrogens is 251 g/mol. The van der Waals surface area contributed by atoms with Gasteiger partial charge < -0.3 is 4.42 Å². The van der Waals surface area contributed by atoms with Gasteiger partial charge in [-0.1, -0.05) is 0 Å². The van der Waals surface area contributed by atoms with Gasteiger partial charge in [0, 0.05) is 0 Å². The number of hydrogen-bond acceptors (Lipinski definition) is 2. The van der Waals surface area contributed by atoms with Crippen LogP contribution in [0.2, 0.25) is 0 Å². The Kier molecular flexibility index (Phi) is 2.15. The van der Waals surface area contributed by atoms with Gasteiger partial charge in [-0.05, 0) is 40.5 Å². The molecule has 0 fully saturated rings. The summed E-state index contributed by atoms with van der Waals surface area (Å²) in [5.41, 5.74) is 0.625. The van der Waals surface area contributed by atoms with E-state index >= 15 is 0 Å². The molecule has 0 bridgehead atoms. The summed E-state index contributed by atoms with van der Waals surface area (Å²) in [7, 11) is 0. The first-order valence-electron chi connectivity index (χ1n) is 3.97. The van der Waals surface area contributed by atoms with Crippen LogP contribution >= 0.6 is 15.9 Å². The van der Waals surface area contributed by atoms with Crippen molar-refractivity contribution in [1.29, 1.82) is 0 Å².